The van der Waals surface area contributed by atoms with Crippen LogP contribution in [0.3, 0.4) is 0 Å². The third-order valence-corrected chi connectivity index (χ3v) is 7.29. The Bertz CT molecular complexity index is 970. The van der Waals surface area contributed by atoms with Crippen LogP contribution in [-0.4, -0.2) is 37.4 Å². The summed E-state index contributed by atoms with van der Waals surface area (Å²) < 4.78 is 11.1. The first kappa shape index (κ1) is 24.9. The van der Waals surface area contributed by atoms with Gasteiger partial charge in [-0.1, -0.05) is 41.0 Å². The average Bonchev–Trinajstić information content (AvgIpc) is 2.70. The predicted octanol–water partition coefficient (Wildman–Crippen LogP) is 7.04. The molecule has 32 heavy (non-hydrogen) atoms. The molecular weight excluding hydrogens is 467 g/mol. The lowest BCUT2D eigenvalue weighted by Crippen LogP contribution is -2.54. The van der Waals surface area contributed by atoms with Gasteiger partial charge in [0, 0.05) is 28.4 Å². The molecule has 174 valence electrons. The number of nitrogens with zero attached hydrogens (tertiary/aromatic N) is 1. The summed E-state index contributed by atoms with van der Waals surface area (Å²) >= 11 is 14.0. The van der Waals surface area contributed by atoms with Crippen LogP contribution in [0.4, 0.5) is 10.5 Å². The third-order valence-electron chi connectivity index (χ3n) is 5.31. The maximum atomic E-state index is 12.2. The van der Waals surface area contributed by atoms with Gasteiger partial charge in [0.15, 0.2) is 0 Å². The monoisotopic (exact) mass is 496 g/mol. The summed E-state index contributed by atoms with van der Waals surface area (Å²) in [5.41, 5.74) is 0.225. The van der Waals surface area contributed by atoms with Crippen molar-refractivity contribution in [2.45, 2.75) is 61.5 Å². The second-order valence-corrected chi connectivity index (χ2v) is 11.1. The average molecular weight is 497 g/mol. The number of halogens is 2. The van der Waals surface area contributed by atoms with Crippen molar-refractivity contribution in [1.82, 2.24) is 5.32 Å². The molecule has 0 aromatic heterocycles. The maximum absolute atomic E-state index is 12.2. The number of hydrogen-bond acceptors (Lipinski definition) is 5. The maximum Gasteiger partial charge on any atom is 0.408 e. The van der Waals surface area contributed by atoms with Gasteiger partial charge in [-0.05, 0) is 70.9 Å². The van der Waals surface area contributed by atoms with Gasteiger partial charge in [-0.3, -0.25) is 0 Å². The summed E-state index contributed by atoms with van der Waals surface area (Å²) in [6.07, 6.45) is 1.25. The van der Waals surface area contributed by atoms with Crippen molar-refractivity contribution in [3.63, 3.8) is 0 Å². The zero-order valence-electron chi connectivity index (χ0n) is 19.1. The molecule has 0 saturated carbocycles. The van der Waals surface area contributed by atoms with Crippen LogP contribution in [-0.2, 0) is 4.74 Å². The van der Waals surface area contributed by atoms with Crippen molar-refractivity contribution in [3.8, 4) is 5.75 Å². The van der Waals surface area contributed by atoms with Crippen molar-refractivity contribution < 1.29 is 14.3 Å². The molecule has 1 saturated heterocycles. The first-order chi connectivity index (χ1) is 15.0. The van der Waals surface area contributed by atoms with Gasteiger partial charge < -0.3 is 19.7 Å². The van der Waals surface area contributed by atoms with Crippen LogP contribution in [0.1, 0.15) is 40.5 Å². The SMILES string of the molecule is COc1cc(Sc2cccc(Cl)c2Cl)ccc1N1CCC(C)(NC(=O)OC(C)(C)C)CC1. The van der Waals surface area contributed by atoms with E-state index in [1.54, 1.807) is 24.9 Å². The Labute approximate surface area is 204 Å². The number of methoxy groups -OCH3 is 1. The summed E-state index contributed by atoms with van der Waals surface area (Å²) in [5, 5.41) is 4.14. The Hall–Kier alpha value is -1.76. The second-order valence-electron chi connectivity index (χ2n) is 9.16. The molecule has 1 amide bonds. The molecular formula is C24H30Cl2N2O3S. The smallest absolute Gasteiger partial charge is 0.408 e. The summed E-state index contributed by atoms with van der Waals surface area (Å²) in [6.45, 7) is 9.27. The largest absolute Gasteiger partial charge is 0.495 e. The molecule has 5 nitrogen and oxygen atoms in total. The van der Waals surface area contributed by atoms with Gasteiger partial charge in [-0.15, -0.1) is 0 Å². The van der Waals surface area contributed by atoms with Crippen LogP contribution in [0.5, 0.6) is 5.75 Å². The Morgan fingerprint density at radius 3 is 2.47 bits per heavy atom. The van der Waals surface area contributed by atoms with E-state index in [1.807, 2.05) is 39.0 Å². The van der Waals surface area contributed by atoms with Crippen LogP contribution in [0.15, 0.2) is 46.2 Å². The fourth-order valence-corrected chi connectivity index (χ4v) is 4.96. The fraction of sp³-hybridized carbons (Fsp3) is 0.458. The van der Waals surface area contributed by atoms with Gasteiger partial charge in [0.2, 0.25) is 0 Å². The van der Waals surface area contributed by atoms with E-state index in [1.165, 1.54) is 0 Å². The van der Waals surface area contributed by atoms with Crippen LogP contribution in [0.25, 0.3) is 0 Å². The molecule has 2 aromatic rings. The highest BCUT2D eigenvalue weighted by atomic mass is 35.5. The molecule has 0 atom stereocenters. The number of carbonyl (C=O) groups is 1. The topological polar surface area (TPSA) is 50.8 Å². The molecule has 1 aliphatic rings. The Morgan fingerprint density at radius 1 is 1.16 bits per heavy atom. The highest BCUT2D eigenvalue weighted by molar-refractivity contribution is 7.99. The normalized spacial score (nSPS) is 15.9. The minimum atomic E-state index is -0.510. The van der Waals surface area contributed by atoms with Crippen molar-refractivity contribution in [3.05, 3.63) is 46.4 Å². The minimum absolute atomic E-state index is 0.300. The van der Waals surface area contributed by atoms with E-state index in [-0.39, 0.29) is 11.6 Å². The van der Waals surface area contributed by atoms with Gasteiger partial charge in [-0.25, -0.2) is 4.79 Å². The molecule has 1 heterocycles. The quantitative estimate of drug-likeness (QED) is 0.480. The Kier molecular flexibility index (Phi) is 7.79. The molecule has 1 fully saturated rings. The number of rotatable bonds is 5. The lowest BCUT2D eigenvalue weighted by Gasteiger charge is -2.41. The van der Waals surface area contributed by atoms with E-state index in [4.69, 9.17) is 32.7 Å². The van der Waals surface area contributed by atoms with E-state index < -0.39 is 5.60 Å². The number of nitrogens with one attached hydrogen (secondary N) is 1. The summed E-state index contributed by atoms with van der Waals surface area (Å²) in [5.74, 6) is 0.803. The number of alkyl carbamates (subject to hydrolysis) is 1. The van der Waals surface area contributed by atoms with E-state index in [0.29, 0.717) is 10.0 Å². The van der Waals surface area contributed by atoms with Crippen LogP contribution in [0.2, 0.25) is 10.0 Å². The minimum Gasteiger partial charge on any atom is -0.495 e. The van der Waals surface area contributed by atoms with Crippen molar-refractivity contribution in [2.24, 2.45) is 0 Å². The third kappa shape index (κ3) is 6.40. The molecule has 3 rings (SSSR count). The molecule has 0 unspecified atom stereocenters. The number of piperidine rings is 1. The first-order valence-electron chi connectivity index (χ1n) is 10.6. The highest BCUT2D eigenvalue weighted by Gasteiger charge is 2.33. The predicted molar refractivity (Wildman–Crippen MR) is 133 cm³/mol. The Morgan fingerprint density at radius 2 is 1.84 bits per heavy atom. The first-order valence-corrected chi connectivity index (χ1v) is 12.1. The lowest BCUT2D eigenvalue weighted by molar-refractivity contribution is 0.0448. The van der Waals surface area contributed by atoms with Gasteiger partial charge in [0.1, 0.15) is 11.4 Å². The van der Waals surface area contributed by atoms with Crippen molar-refractivity contribution in [1.29, 1.82) is 0 Å². The molecule has 0 bridgehead atoms. The zero-order chi connectivity index (χ0) is 23.5. The number of ether oxygens (including phenoxy) is 2. The molecule has 0 aliphatic carbocycles. The molecule has 1 N–H and O–H groups in total. The highest BCUT2D eigenvalue weighted by Crippen LogP contribution is 2.41. The van der Waals surface area contributed by atoms with Gasteiger partial charge >= 0.3 is 6.09 Å². The van der Waals surface area contributed by atoms with Gasteiger partial charge in [0.25, 0.3) is 0 Å². The standard InChI is InChI=1S/C24H30Cl2N2O3S/c1-23(2,3)31-22(29)27-24(4)11-13-28(14-12-24)18-10-9-16(15-19(18)30-5)32-20-8-6-7-17(25)21(20)26/h6-10,15H,11-14H2,1-5H3,(H,27,29). The van der Waals surface area contributed by atoms with E-state index in [9.17, 15) is 4.79 Å². The zero-order valence-corrected chi connectivity index (χ0v) is 21.5. The van der Waals surface area contributed by atoms with Gasteiger partial charge in [-0.2, -0.15) is 0 Å². The van der Waals surface area contributed by atoms with E-state index >= 15 is 0 Å². The molecule has 1 aliphatic heterocycles. The molecule has 8 heteroatoms. The summed E-state index contributed by atoms with van der Waals surface area (Å²) in [7, 11) is 1.68. The van der Waals surface area contributed by atoms with Gasteiger partial charge in [0.05, 0.1) is 22.8 Å². The number of benzene rings is 2. The van der Waals surface area contributed by atoms with Crippen LogP contribution >= 0.6 is 35.0 Å². The molecule has 0 radical (unpaired) electrons. The molecule has 2 aromatic carbocycles. The number of hydrogen-bond donors (Lipinski definition) is 1. The van der Waals surface area contributed by atoms with Crippen LogP contribution in [0, 0.1) is 0 Å². The van der Waals surface area contributed by atoms with Crippen molar-refractivity contribution in [2.75, 3.05) is 25.1 Å². The lowest BCUT2D eigenvalue weighted by atomic mass is 9.89. The molecule has 0 spiro atoms. The van der Waals surface area contributed by atoms with Crippen LogP contribution < -0.4 is 15.0 Å². The number of anilines is 1. The summed E-state index contributed by atoms with van der Waals surface area (Å²) in [6, 6.07) is 11.8. The number of amides is 1. The van der Waals surface area contributed by atoms with E-state index in [0.717, 1.165) is 47.2 Å². The number of carbonyl (C=O) groups excluding carboxylic acids is 1. The second kappa shape index (κ2) is 10.0. The fourth-order valence-electron chi connectivity index (χ4n) is 3.59. The van der Waals surface area contributed by atoms with E-state index in [2.05, 4.69) is 29.3 Å². The Balaban J connectivity index is 1.67. The summed E-state index contributed by atoms with van der Waals surface area (Å²) in [4.78, 5) is 16.4. The van der Waals surface area contributed by atoms with Crippen molar-refractivity contribution >= 4 is 46.7 Å².